The van der Waals surface area contributed by atoms with E-state index in [9.17, 15) is 58.0 Å². The van der Waals surface area contributed by atoms with Gasteiger partial charge in [-0.15, -0.1) is 0 Å². The number of carboxylic acid groups (broad SMARTS) is 2. The van der Waals surface area contributed by atoms with E-state index in [1.807, 2.05) is 24.3 Å². The highest BCUT2D eigenvalue weighted by Gasteiger charge is 2.36. The SMILES string of the molecule is CCOC(=O)c1c[nH]c(=O)o1.C[C@@](CO)(C[C@@H](Cc1ccc(-c2ccccc2F)cc1)NC(=O)c1c[nH]c(=O)o1)C(=O)O.C[C@@](CO)(C[C@H](N)Cc1ccc(-c2ccccc2F)cc1)C(=O)O. The number of rotatable bonds is 18. The number of ether oxygens (including phenoxy) is 1. The fourth-order valence-corrected chi connectivity index (χ4v) is 6.66. The van der Waals surface area contributed by atoms with Crippen molar-refractivity contribution in [2.24, 2.45) is 16.6 Å². The number of halogens is 2. The first-order valence-electron chi connectivity index (χ1n) is 20.8. The van der Waals surface area contributed by atoms with Crippen LogP contribution in [0.2, 0.25) is 0 Å². The highest BCUT2D eigenvalue weighted by Crippen LogP contribution is 2.28. The maximum Gasteiger partial charge on any atom is 0.417 e. The lowest BCUT2D eigenvalue weighted by molar-refractivity contribution is -0.152. The van der Waals surface area contributed by atoms with Crippen molar-refractivity contribution in [2.75, 3.05) is 19.8 Å². The zero-order chi connectivity index (χ0) is 49.3. The van der Waals surface area contributed by atoms with Gasteiger partial charge in [0.15, 0.2) is 0 Å². The number of aromatic nitrogens is 2. The maximum atomic E-state index is 14.0. The molecule has 4 atom stereocenters. The zero-order valence-electron chi connectivity index (χ0n) is 36.8. The van der Waals surface area contributed by atoms with E-state index in [1.54, 1.807) is 67.6 Å². The number of aliphatic hydroxyl groups is 2. The Bertz CT molecular complexity index is 2690. The second-order valence-electron chi connectivity index (χ2n) is 16.0. The molecular weight excluding hydrogens is 879 g/mol. The summed E-state index contributed by atoms with van der Waals surface area (Å²) >= 11 is 0. The molecule has 356 valence electrons. The van der Waals surface area contributed by atoms with Gasteiger partial charge < -0.3 is 45.0 Å². The van der Waals surface area contributed by atoms with Crippen LogP contribution in [0.15, 0.2) is 128 Å². The molecule has 0 bridgehead atoms. The van der Waals surface area contributed by atoms with Crippen LogP contribution in [0.3, 0.4) is 0 Å². The van der Waals surface area contributed by atoms with Gasteiger partial charge in [0, 0.05) is 23.2 Å². The fraction of sp³-hybridized carbons (Fsp3) is 0.292. The minimum atomic E-state index is -1.50. The number of oxazole rings is 2. The Balaban J connectivity index is 0.000000245. The number of benzene rings is 4. The van der Waals surface area contributed by atoms with Gasteiger partial charge in [0.2, 0.25) is 11.5 Å². The lowest BCUT2D eigenvalue weighted by Gasteiger charge is -2.28. The summed E-state index contributed by atoms with van der Waals surface area (Å²) < 4.78 is 41.5. The molecule has 0 fully saturated rings. The Morgan fingerprint density at radius 3 is 1.52 bits per heavy atom. The Hall–Kier alpha value is -7.48. The van der Waals surface area contributed by atoms with Gasteiger partial charge in [0.1, 0.15) is 11.6 Å². The topological polar surface area (TPSA) is 288 Å². The van der Waals surface area contributed by atoms with Crippen LogP contribution in [-0.2, 0) is 27.2 Å². The van der Waals surface area contributed by atoms with E-state index in [0.717, 1.165) is 22.9 Å². The van der Waals surface area contributed by atoms with Crippen molar-refractivity contribution < 1.29 is 62.0 Å². The molecule has 0 saturated carbocycles. The lowest BCUT2D eigenvalue weighted by Crippen LogP contribution is -2.44. The van der Waals surface area contributed by atoms with E-state index >= 15 is 0 Å². The number of nitrogens with one attached hydrogen (secondary N) is 3. The second kappa shape index (κ2) is 24.2. The van der Waals surface area contributed by atoms with E-state index in [1.165, 1.54) is 32.2 Å². The number of aliphatic carboxylic acids is 2. The average Bonchev–Trinajstić information content (AvgIpc) is 3.95. The molecule has 0 saturated heterocycles. The van der Waals surface area contributed by atoms with Crippen LogP contribution >= 0.6 is 0 Å². The van der Waals surface area contributed by atoms with Gasteiger partial charge in [-0.1, -0.05) is 84.9 Å². The summed E-state index contributed by atoms with van der Waals surface area (Å²) in [5.41, 5.74) is 7.43. The first-order chi connectivity index (χ1) is 31.8. The van der Waals surface area contributed by atoms with Gasteiger partial charge in [-0.3, -0.25) is 24.4 Å². The number of amides is 1. The number of nitrogens with two attached hydrogens (primary N) is 1. The van der Waals surface area contributed by atoms with Gasteiger partial charge in [0.25, 0.3) is 5.91 Å². The molecule has 0 radical (unpaired) electrons. The first kappa shape index (κ1) is 52.1. The Labute approximate surface area is 382 Å². The predicted molar refractivity (Wildman–Crippen MR) is 240 cm³/mol. The van der Waals surface area contributed by atoms with Crippen molar-refractivity contribution in [3.63, 3.8) is 0 Å². The summed E-state index contributed by atoms with van der Waals surface area (Å²) in [5.74, 6) is -6.01. The van der Waals surface area contributed by atoms with Crippen molar-refractivity contribution in [2.45, 2.75) is 58.5 Å². The third kappa shape index (κ3) is 15.0. The maximum absolute atomic E-state index is 14.0. The first-order valence-corrected chi connectivity index (χ1v) is 20.8. The van der Waals surface area contributed by atoms with E-state index in [0.29, 0.717) is 23.1 Å². The standard InChI is InChI=1S/C23H23FN2O6.C19H22FNO3.C6H7NO4/c1-23(13-27,21(29)30)11-16(26-20(28)19-12-25-22(31)32-19)10-14-6-8-15(9-7-14)17-4-2-3-5-18(17)24;1-19(12-22,18(23)24)11-15(21)10-13-6-8-14(9-7-13)16-4-2-3-5-17(16)20;1-2-10-5(8)4-3-7-6(9)11-4/h2-9,12,16,27H,10-11,13H2,1H3,(H,25,31)(H,26,28)(H,29,30);2-9,15,22H,10-12,21H2,1H3,(H,23,24);3H,2H2,1H3,(H,7,9)/t16-,23+;15-,19+;/m11./s1. The number of hydrogen-bond acceptors (Lipinski definition) is 12. The van der Waals surface area contributed by atoms with Crippen LogP contribution < -0.4 is 22.6 Å². The summed E-state index contributed by atoms with van der Waals surface area (Å²) in [6.45, 7) is 3.71. The Morgan fingerprint density at radius 1 is 0.687 bits per heavy atom. The van der Waals surface area contributed by atoms with Gasteiger partial charge in [0.05, 0.1) is 43.0 Å². The van der Waals surface area contributed by atoms with Gasteiger partial charge in [-0.25, -0.2) is 23.2 Å². The largest absolute Gasteiger partial charge is 0.481 e. The lowest BCUT2D eigenvalue weighted by atomic mass is 9.82. The van der Waals surface area contributed by atoms with E-state index in [-0.39, 0.29) is 49.0 Å². The predicted octanol–water partition coefficient (Wildman–Crippen LogP) is 5.57. The summed E-state index contributed by atoms with van der Waals surface area (Å²) in [4.78, 5) is 72.1. The summed E-state index contributed by atoms with van der Waals surface area (Å²) in [5, 5.41) is 40.3. The third-order valence-corrected chi connectivity index (χ3v) is 10.5. The minimum absolute atomic E-state index is 0.0751. The van der Waals surface area contributed by atoms with Crippen molar-refractivity contribution in [3.8, 4) is 22.3 Å². The van der Waals surface area contributed by atoms with Crippen LogP contribution in [0.25, 0.3) is 22.3 Å². The number of carbonyl (C=O) groups is 4. The van der Waals surface area contributed by atoms with Crippen LogP contribution in [-0.4, -0.2) is 86.1 Å². The molecule has 0 spiro atoms. The Morgan fingerprint density at radius 2 is 1.12 bits per heavy atom. The molecule has 0 unspecified atom stereocenters. The van der Waals surface area contributed by atoms with Crippen LogP contribution in [0.1, 0.15) is 65.8 Å². The normalized spacial score (nSPS) is 13.5. The van der Waals surface area contributed by atoms with Gasteiger partial charge in [-0.05, 0) is 80.8 Å². The highest BCUT2D eigenvalue weighted by atomic mass is 19.1. The molecule has 2 aromatic heterocycles. The number of carbonyl (C=O) groups excluding carboxylic acids is 2. The number of aliphatic hydroxyl groups excluding tert-OH is 2. The monoisotopic (exact) mass is 930 g/mol. The quantitative estimate of drug-likeness (QED) is 0.0490. The van der Waals surface area contributed by atoms with Crippen molar-refractivity contribution >= 4 is 23.8 Å². The average molecular weight is 931 g/mol. The third-order valence-electron chi connectivity index (χ3n) is 10.5. The second-order valence-corrected chi connectivity index (χ2v) is 16.0. The van der Waals surface area contributed by atoms with Crippen LogP contribution in [0, 0.1) is 22.5 Å². The molecule has 0 aliphatic rings. The zero-order valence-corrected chi connectivity index (χ0v) is 36.8. The van der Waals surface area contributed by atoms with Crippen LogP contribution in [0.4, 0.5) is 8.78 Å². The molecular formula is C48H52F2N4O13. The number of aromatic amines is 2. The van der Waals surface area contributed by atoms with E-state index in [2.05, 4.69) is 24.4 Å². The van der Waals surface area contributed by atoms with Crippen molar-refractivity contribution in [1.29, 1.82) is 0 Å². The Kier molecular flexibility index (Phi) is 18.8. The molecule has 17 nitrogen and oxygen atoms in total. The molecule has 1 amide bonds. The van der Waals surface area contributed by atoms with E-state index in [4.69, 9.17) is 10.2 Å². The van der Waals surface area contributed by atoms with Crippen molar-refractivity contribution in [3.05, 3.63) is 165 Å². The van der Waals surface area contributed by atoms with E-state index < -0.39 is 71.5 Å². The number of H-pyrrole nitrogens is 2. The van der Waals surface area contributed by atoms with Gasteiger partial charge >= 0.3 is 29.4 Å². The number of hydrogen-bond donors (Lipinski definition) is 8. The summed E-state index contributed by atoms with van der Waals surface area (Å²) in [6, 6.07) is 26.2. The van der Waals surface area contributed by atoms with Crippen molar-refractivity contribution in [1.82, 2.24) is 15.3 Å². The fourth-order valence-electron chi connectivity index (χ4n) is 6.66. The molecule has 6 rings (SSSR count). The molecule has 9 N–H and O–H groups in total. The molecule has 0 aliphatic carbocycles. The van der Waals surface area contributed by atoms with Crippen LogP contribution in [0.5, 0.6) is 0 Å². The smallest absolute Gasteiger partial charge is 0.417 e. The number of carboxylic acids is 2. The molecule has 0 aliphatic heterocycles. The highest BCUT2D eigenvalue weighted by molar-refractivity contribution is 5.91. The summed E-state index contributed by atoms with van der Waals surface area (Å²) in [6.07, 6.45) is 3.10. The number of esters is 1. The van der Waals surface area contributed by atoms with Gasteiger partial charge in [-0.2, -0.15) is 0 Å². The minimum Gasteiger partial charge on any atom is -0.481 e. The summed E-state index contributed by atoms with van der Waals surface area (Å²) in [7, 11) is 0. The molecule has 2 heterocycles. The molecule has 4 aromatic carbocycles. The molecule has 6 aromatic rings. The molecule has 19 heteroatoms. The molecule has 67 heavy (non-hydrogen) atoms.